The first-order valence-corrected chi connectivity index (χ1v) is 5.88. The van der Waals surface area contributed by atoms with Crippen molar-refractivity contribution in [2.45, 2.75) is 25.6 Å². The van der Waals surface area contributed by atoms with Gasteiger partial charge in [0.25, 0.3) is 0 Å². The second-order valence-corrected chi connectivity index (χ2v) is 4.26. The Morgan fingerprint density at radius 2 is 2.39 bits per heavy atom. The molecule has 2 rings (SSSR count). The minimum absolute atomic E-state index is 0.0621. The van der Waals surface area contributed by atoms with Crippen LogP contribution in [0.1, 0.15) is 28.8 Å². The summed E-state index contributed by atoms with van der Waals surface area (Å²) in [6, 6.07) is 3.68. The molecule has 0 saturated carbocycles. The minimum atomic E-state index is -1.07. The van der Waals surface area contributed by atoms with E-state index in [-0.39, 0.29) is 23.8 Å². The molecule has 0 aromatic heterocycles. The lowest BCUT2D eigenvalue weighted by Gasteiger charge is -2.10. The zero-order chi connectivity index (χ0) is 13.0. The van der Waals surface area contributed by atoms with Gasteiger partial charge < -0.3 is 14.6 Å². The van der Waals surface area contributed by atoms with Gasteiger partial charge in [0.2, 0.25) is 0 Å². The molecular formula is C13H15FO4. The number of aromatic carboxylic acids is 1. The van der Waals surface area contributed by atoms with E-state index in [1.54, 1.807) is 0 Å². The highest BCUT2D eigenvalue weighted by atomic mass is 19.1. The molecule has 98 valence electrons. The van der Waals surface area contributed by atoms with Crippen molar-refractivity contribution < 1.29 is 23.8 Å². The molecule has 1 atom stereocenters. The van der Waals surface area contributed by atoms with Gasteiger partial charge in [-0.15, -0.1) is 0 Å². The first-order chi connectivity index (χ1) is 8.66. The molecule has 5 heteroatoms. The smallest absolute Gasteiger partial charge is 0.335 e. The molecule has 1 fully saturated rings. The maximum atomic E-state index is 13.4. The molecule has 18 heavy (non-hydrogen) atoms. The van der Waals surface area contributed by atoms with Gasteiger partial charge in [-0.25, -0.2) is 9.18 Å². The average molecular weight is 254 g/mol. The van der Waals surface area contributed by atoms with Gasteiger partial charge in [-0.1, -0.05) is 0 Å². The summed E-state index contributed by atoms with van der Waals surface area (Å²) in [5.74, 6) is -1.53. The first-order valence-electron chi connectivity index (χ1n) is 5.88. The van der Waals surface area contributed by atoms with Crippen LogP contribution in [0.4, 0.5) is 4.39 Å². The quantitative estimate of drug-likeness (QED) is 0.875. The molecule has 1 aliphatic heterocycles. The maximum Gasteiger partial charge on any atom is 0.335 e. The van der Waals surface area contributed by atoms with Gasteiger partial charge in [0.1, 0.15) is 5.82 Å². The molecule has 0 spiro atoms. The van der Waals surface area contributed by atoms with E-state index in [1.807, 2.05) is 0 Å². The Labute approximate surface area is 104 Å². The Balaban J connectivity index is 1.91. The zero-order valence-electron chi connectivity index (χ0n) is 9.89. The summed E-state index contributed by atoms with van der Waals surface area (Å²) in [7, 11) is 0. The standard InChI is InChI=1S/C13H15FO4/c14-12-4-3-9(13(15)16)6-10(12)7-17-8-11-2-1-5-18-11/h3-4,6,11H,1-2,5,7-8H2,(H,15,16). The van der Waals surface area contributed by atoms with Crippen LogP contribution in [0.5, 0.6) is 0 Å². The normalized spacial score (nSPS) is 19.1. The molecule has 1 aromatic carbocycles. The highest BCUT2D eigenvalue weighted by molar-refractivity contribution is 5.87. The third-order valence-electron chi connectivity index (χ3n) is 2.88. The molecule has 1 saturated heterocycles. The largest absolute Gasteiger partial charge is 0.478 e. The fourth-order valence-electron chi connectivity index (χ4n) is 1.89. The second-order valence-electron chi connectivity index (χ2n) is 4.26. The Hall–Kier alpha value is -1.46. The minimum Gasteiger partial charge on any atom is -0.478 e. The Bertz CT molecular complexity index is 427. The van der Waals surface area contributed by atoms with E-state index in [0.29, 0.717) is 6.61 Å². The van der Waals surface area contributed by atoms with Gasteiger partial charge >= 0.3 is 5.97 Å². The summed E-state index contributed by atoms with van der Waals surface area (Å²) in [6.07, 6.45) is 2.06. The molecule has 0 bridgehead atoms. The van der Waals surface area contributed by atoms with E-state index in [1.165, 1.54) is 12.1 Å². The number of hydrogen-bond donors (Lipinski definition) is 1. The molecule has 0 aliphatic carbocycles. The number of rotatable bonds is 5. The summed E-state index contributed by atoms with van der Waals surface area (Å²) in [4.78, 5) is 10.8. The van der Waals surface area contributed by atoms with Crippen LogP contribution in [-0.2, 0) is 16.1 Å². The summed E-state index contributed by atoms with van der Waals surface area (Å²) in [5.41, 5.74) is 0.319. The van der Waals surface area contributed by atoms with Gasteiger partial charge in [-0.05, 0) is 31.0 Å². The molecular weight excluding hydrogens is 239 g/mol. The van der Waals surface area contributed by atoms with Crippen LogP contribution in [0.3, 0.4) is 0 Å². The van der Waals surface area contributed by atoms with Crippen LogP contribution >= 0.6 is 0 Å². The summed E-state index contributed by atoms with van der Waals surface area (Å²) in [5, 5.41) is 8.81. The molecule has 4 nitrogen and oxygen atoms in total. The van der Waals surface area contributed by atoms with Gasteiger partial charge in [0.15, 0.2) is 0 Å². The van der Waals surface area contributed by atoms with Gasteiger partial charge in [-0.3, -0.25) is 0 Å². The summed E-state index contributed by atoms with van der Waals surface area (Å²) in [6.45, 7) is 1.22. The Morgan fingerprint density at radius 1 is 1.56 bits per heavy atom. The third kappa shape index (κ3) is 3.27. The van der Waals surface area contributed by atoms with Crippen molar-refractivity contribution >= 4 is 5.97 Å². The Morgan fingerprint density at radius 3 is 3.06 bits per heavy atom. The zero-order valence-corrected chi connectivity index (χ0v) is 9.89. The molecule has 1 aromatic rings. The fourth-order valence-corrected chi connectivity index (χ4v) is 1.89. The van der Waals surface area contributed by atoms with Crippen molar-refractivity contribution in [3.63, 3.8) is 0 Å². The van der Waals surface area contributed by atoms with Crippen LogP contribution < -0.4 is 0 Å². The summed E-state index contributed by atoms with van der Waals surface area (Å²) >= 11 is 0. The van der Waals surface area contributed by atoms with E-state index in [4.69, 9.17) is 14.6 Å². The van der Waals surface area contributed by atoms with Crippen LogP contribution in [0, 0.1) is 5.82 Å². The highest BCUT2D eigenvalue weighted by Gasteiger charge is 2.16. The van der Waals surface area contributed by atoms with Crippen molar-refractivity contribution in [1.82, 2.24) is 0 Å². The predicted molar refractivity (Wildman–Crippen MR) is 62.0 cm³/mol. The number of benzene rings is 1. The van der Waals surface area contributed by atoms with E-state index in [0.717, 1.165) is 25.5 Å². The molecule has 1 heterocycles. The monoisotopic (exact) mass is 254 g/mol. The van der Waals surface area contributed by atoms with Gasteiger partial charge in [-0.2, -0.15) is 0 Å². The predicted octanol–water partition coefficient (Wildman–Crippen LogP) is 2.22. The van der Waals surface area contributed by atoms with Crippen molar-refractivity contribution in [2.24, 2.45) is 0 Å². The van der Waals surface area contributed by atoms with Gasteiger partial charge in [0, 0.05) is 12.2 Å². The van der Waals surface area contributed by atoms with Crippen LogP contribution in [0.25, 0.3) is 0 Å². The van der Waals surface area contributed by atoms with Crippen LogP contribution in [-0.4, -0.2) is 30.4 Å². The molecule has 1 aliphatic rings. The van der Waals surface area contributed by atoms with Crippen LogP contribution in [0.2, 0.25) is 0 Å². The third-order valence-corrected chi connectivity index (χ3v) is 2.88. The topological polar surface area (TPSA) is 55.8 Å². The number of carboxylic acid groups (broad SMARTS) is 1. The van der Waals surface area contributed by atoms with Crippen LogP contribution in [0.15, 0.2) is 18.2 Å². The highest BCUT2D eigenvalue weighted by Crippen LogP contribution is 2.15. The number of carboxylic acids is 1. The van der Waals surface area contributed by atoms with Crippen molar-refractivity contribution in [2.75, 3.05) is 13.2 Å². The number of halogens is 1. The van der Waals surface area contributed by atoms with Crippen molar-refractivity contribution in [3.8, 4) is 0 Å². The lowest BCUT2D eigenvalue weighted by molar-refractivity contribution is 0.00979. The average Bonchev–Trinajstić information content (AvgIpc) is 2.84. The number of ether oxygens (including phenoxy) is 2. The summed E-state index contributed by atoms with van der Waals surface area (Å²) < 4.78 is 24.2. The fraction of sp³-hybridized carbons (Fsp3) is 0.462. The van der Waals surface area contributed by atoms with Crippen molar-refractivity contribution in [3.05, 3.63) is 35.1 Å². The van der Waals surface area contributed by atoms with Crippen molar-refractivity contribution in [1.29, 1.82) is 0 Å². The SMILES string of the molecule is O=C(O)c1ccc(F)c(COCC2CCCO2)c1. The number of carbonyl (C=O) groups is 1. The van der Waals surface area contributed by atoms with E-state index in [2.05, 4.69) is 0 Å². The first kappa shape index (κ1) is 13.0. The lowest BCUT2D eigenvalue weighted by Crippen LogP contribution is -2.14. The van der Waals surface area contributed by atoms with E-state index >= 15 is 0 Å². The second kappa shape index (κ2) is 5.93. The van der Waals surface area contributed by atoms with E-state index in [9.17, 15) is 9.18 Å². The van der Waals surface area contributed by atoms with Gasteiger partial charge in [0.05, 0.1) is 24.9 Å². The Kier molecular flexibility index (Phi) is 4.28. The number of hydrogen-bond acceptors (Lipinski definition) is 3. The molecule has 0 radical (unpaired) electrons. The molecule has 1 N–H and O–H groups in total. The maximum absolute atomic E-state index is 13.4. The van der Waals surface area contributed by atoms with E-state index < -0.39 is 11.8 Å². The molecule has 0 amide bonds. The lowest BCUT2D eigenvalue weighted by atomic mass is 10.1. The molecule has 1 unspecified atom stereocenters.